The molecule has 2 aromatic heterocycles. The molecule has 0 radical (unpaired) electrons. The average Bonchev–Trinajstić information content (AvgIpc) is 3.26. The van der Waals surface area contributed by atoms with E-state index in [1.54, 1.807) is 43.7 Å². The standard InChI is InChI=1S/C17H20N4O3S/c1-13(2)21-12-18-19-17(21)10-20(3)25(22,23)16-7-5-4-6-15(16)14-8-9-24-11-14/h4-9,11-13H,10H2,1-3H3. The molecule has 0 atom stereocenters. The van der Waals surface area contributed by atoms with Gasteiger partial charge in [-0.1, -0.05) is 18.2 Å². The fourth-order valence-electron chi connectivity index (χ4n) is 2.61. The van der Waals surface area contributed by atoms with E-state index >= 15 is 0 Å². The van der Waals surface area contributed by atoms with Gasteiger partial charge in [-0.05, 0) is 26.0 Å². The summed E-state index contributed by atoms with van der Waals surface area (Å²) in [5.41, 5.74) is 1.33. The predicted octanol–water partition coefficient (Wildman–Crippen LogP) is 2.94. The van der Waals surface area contributed by atoms with Gasteiger partial charge in [-0.25, -0.2) is 8.42 Å². The molecule has 0 fully saturated rings. The fraction of sp³-hybridized carbons (Fsp3) is 0.294. The van der Waals surface area contributed by atoms with E-state index in [0.717, 1.165) is 5.56 Å². The molecule has 132 valence electrons. The minimum atomic E-state index is -3.70. The first-order valence-electron chi connectivity index (χ1n) is 7.87. The summed E-state index contributed by atoms with van der Waals surface area (Å²) >= 11 is 0. The normalized spacial score (nSPS) is 12.2. The molecule has 3 aromatic rings. The molecule has 0 unspecified atom stereocenters. The van der Waals surface area contributed by atoms with E-state index in [2.05, 4.69) is 10.2 Å². The Balaban J connectivity index is 1.96. The van der Waals surface area contributed by atoms with Crippen molar-refractivity contribution in [3.05, 3.63) is 55.0 Å². The summed E-state index contributed by atoms with van der Waals surface area (Å²) < 4.78 is 34.4. The molecule has 25 heavy (non-hydrogen) atoms. The zero-order valence-electron chi connectivity index (χ0n) is 14.3. The Morgan fingerprint density at radius 1 is 1.24 bits per heavy atom. The van der Waals surface area contributed by atoms with Gasteiger partial charge in [0.15, 0.2) is 0 Å². The van der Waals surface area contributed by atoms with Crippen molar-refractivity contribution in [1.82, 2.24) is 19.1 Å². The number of aromatic nitrogens is 3. The summed E-state index contributed by atoms with van der Waals surface area (Å²) in [7, 11) is -2.16. The van der Waals surface area contributed by atoms with Gasteiger partial charge in [-0.3, -0.25) is 0 Å². The first kappa shape index (κ1) is 17.4. The number of sulfonamides is 1. The van der Waals surface area contributed by atoms with Gasteiger partial charge < -0.3 is 8.98 Å². The van der Waals surface area contributed by atoms with Gasteiger partial charge in [-0.15, -0.1) is 10.2 Å². The minimum Gasteiger partial charge on any atom is -0.472 e. The molecule has 0 saturated heterocycles. The second-order valence-corrected chi connectivity index (χ2v) is 8.03. The summed E-state index contributed by atoms with van der Waals surface area (Å²) in [4.78, 5) is 0.231. The zero-order valence-corrected chi connectivity index (χ0v) is 15.1. The van der Waals surface area contributed by atoms with Crippen molar-refractivity contribution in [1.29, 1.82) is 0 Å². The summed E-state index contributed by atoms with van der Waals surface area (Å²) in [6.07, 6.45) is 4.66. The molecular weight excluding hydrogens is 340 g/mol. The van der Waals surface area contributed by atoms with Gasteiger partial charge in [0.2, 0.25) is 10.0 Å². The lowest BCUT2D eigenvalue weighted by Gasteiger charge is -2.19. The zero-order chi connectivity index (χ0) is 18.0. The Labute approximate surface area is 147 Å². The van der Waals surface area contributed by atoms with Crippen LogP contribution < -0.4 is 0 Å². The molecule has 0 spiro atoms. The first-order chi connectivity index (χ1) is 11.9. The van der Waals surface area contributed by atoms with Crippen LogP contribution in [0.3, 0.4) is 0 Å². The van der Waals surface area contributed by atoms with Crippen molar-refractivity contribution < 1.29 is 12.8 Å². The predicted molar refractivity (Wildman–Crippen MR) is 93.2 cm³/mol. The van der Waals surface area contributed by atoms with Crippen molar-refractivity contribution in [3.63, 3.8) is 0 Å². The summed E-state index contributed by atoms with van der Waals surface area (Å²) in [6, 6.07) is 8.77. The largest absolute Gasteiger partial charge is 0.472 e. The van der Waals surface area contributed by atoms with Crippen LogP contribution in [-0.2, 0) is 16.6 Å². The summed E-state index contributed by atoms with van der Waals surface area (Å²) in [5.74, 6) is 0.599. The van der Waals surface area contributed by atoms with Gasteiger partial charge in [0.05, 0.1) is 24.0 Å². The average molecular weight is 360 g/mol. The van der Waals surface area contributed by atoms with Crippen LogP contribution in [0.25, 0.3) is 11.1 Å². The van der Waals surface area contributed by atoms with Crippen LogP contribution in [0.1, 0.15) is 25.7 Å². The van der Waals surface area contributed by atoms with Gasteiger partial charge in [0.1, 0.15) is 12.2 Å². The Hall–Kier alpha value is -2.45. The molecule has 1 aromatic carbocycles. The van der Waals surface area contributed by atoms with Crippen molar-refractivity contribution in [3.8, 4) is 11.1 Å². The molecule has 8 heteroatoms. The molecular formula is C17H20N4O3S. The molecule has 0 saturated carbocycles. The fourth-order valence-corrected chi connectivity index (χ4v) is 3.95. The summed E-state index contributed by atoms with van der Waals surface area (Å²) in [6.45, 7) is 4.13. The molecule has 7 nitrogen and oxygen atoms in total. The SMILES string of the molecule is CC(C)n1cnnc1CN(C)S(=O)(=O)c1ccccc1-c1ccoc1. The van der Waals surface area contributed by atoms with Gasteiger partial charge in [-0.2, -0.15) is 4.31 Å². The van der Waals surface area contributed by atoms with E-state index in [0.29, 0.717) is 11.4 Å². The number of furan rings is 1. The second-order valence-electron chi connectivity index (χ2n) is 6.02. The Bertz CT molecular complexity index is 946. The van der Waals surface area contributed by atoms with Gasteiger partial charge in [0, 0.05) is 24.2 Å². The Kier molecular flexibility index (Phi) is 4.73. The molecule has 2 heterocycles. The van der Waals surface area contributed by atoms with E-state index in [1.807, 2.05) is 18.4 Å². The van der Waals surface area contributed by atoms with Gasteiger partial charge >= 0.3 is 0 Å². The third-order valence-electron chi connectivity index (χ3n) is 3.98. The maximum atomic E-state index is 13.1. The van der Waals surface area contributed by atoms with Crippen LogP contribution >= 0.6 is 0 Å². The third kappa shape index (κ3) is 3.35. The Morgan fingerprint density at radius 3 is 2.68 bits per heavy atom. The number of hydrogen-bond donors (Lipinski definition) is 0. The molecule has 3 rings (SSSR count). The molecule has 0 aliphatic carbocycles. The Morgan fingerprint density at radius 2 is 2.00 bits per heavy atom. The number of rotatable bonds is 6. The number of hydrogen-bond acceptors (Lipinski definition) is 5. The smallest absolute Gasteiger partial charge is 0.243 e. The van der Waals surface area contributed by atoms with E-state index in [4.69, 9.17) is 4.42 Å². The number of nitrogens with zero attached hydrogens (tertiary/aromatic N) is 4. The van der Waals surface area contributed by atoms with Crippen LogP contribution in [0, 0.1) is 0 Å². The van der Waals surface area contributed by atoms with Crippen molar-refractivity contribution in [2.75, 3.05) is 7.05 Å². The van der Waals surface area contributed by atoms with E-state index < -0.39 is 10.0 Å². The highest BCUT2D eigenvalue weighted by Gasteiger charge is 2.26. The molecule has 0 aliphatic rings. The topological polar surface area (TPSA) is 81.2 Å². The highest BCUT2D eigenvalue weighted by Crippen LogP contribution is 2.29. The second kappa shape index (κ2) is 6.81. The van der Waals surface area contributed by atoms with Crippen LogP contribution in [0.5, 0.6) is 0 Å². The lowest BCUT2D eigenvalue weighted by Crippen LogP contribution is -2.28. The minimum absolute atomic E-state index is 0.139. The molecule has 0 aliphatic heterocycles. The first-order valence-corrected chi connectivity index (χ1v) is 9.31. The van der Waals surface area contributed by atoms with Crippen molar-refractivity contribution >= 4 is 10.0 Å². The molecule has 0 amide bonds. The van der Waals surface area contributed by atoms with E-state index in [1.165, 1.54) is 16.8 Å². The van der Waals surface area contributed by atoms with Gasteiger partial charge in [0.25, 0.3) is 0 Å². The van der Waals surface area contributed by atoms with E-state index in [-0.39, 0.29) is 17.5 Å². The lowest BCUT2D eigenvalue weighted by atomic mass is 10.1. The maximum absolute atomic E-state index is 13.1. The van der Waals surface area contributed by atoms with Crippen LogP contribution in [0.4, 0.5) is 0 Å². The lowest BCUT2D eigenvalue weighted by molar-refractivity contribution is 0.437. The van der Waals surface area contributed by atoms with Crippen molar-refractivity contribution in [2.45, 2.75) is 31.3 Å². The number of benzene rings is 1. The monoisotopic (exact) mass is 360 g/mol. The van der Waals surface area contributed by atoms with Crippen LogP contribution in [-0.4, -0.2) is 34.5 Å². The quantitative estimate of drug-likeness (QED) is 0.675. The third-order valence-corrected chi connectivity index (χ3v) is 5.84. The van der Waals surface area contributed by atoms with Crippen molar-refractivity contribution in [2.24, 2.45) is 0 Å². The highest BCUT2D eigenvalue weighted by atomic mass is 32.2. The summed E-state index contributed by atoms with van der Waals surface area (Å²) in [5, 5.41) is 7.94. The van der Waals surface area contributed by atoms with E-state index in [9.17, 15) is 8.42 Å². The van der Waals surface area contributed by atoms with Crippen LogP contribution in [0.15, 0.2) is 58.5 Å². The van der Waals surface area contributed by atoms with Crippen LogP contribution in [0.2, 0.25) is 0 Å². The maximum Gasteiger partial charge on any atom is 0.243 e. The molecule has 0 bridgehead atoms. The molecule has 0 N–H and O–H groups in total. The highest BCUT2D eigenvalue weighted by molar-refractivity contribution is 7.89.